The summed E-state index contributed by atoms with van der Waals surface area (Å²) in [5.74, 6) is -1.45. The predicted octanol–water partition coefficient (Wildman–Crippen LogP) is 4.22. The van der Waals surface area contributed by atoms with E-state index in [0.29, 0.717) is 19.5 Å². The van der Waals surface area contributed by atoms with Crippen molar-refractivity contribution in [2.75, 3.05) is 19.6 Å². The van der Waals surface area contributed by atoms with Crippen molar-refractivity contribution < 1.29 is 27.6 Å². The van der Waals surface area contributed by atoms with E-state index in [9.17, 15) is 27.6 Å². The smallest absolute Gasteiger partial charge is 0.340 e. The van der Waals surface area contributed by atoms with E-state index in [2.05, 4.69) is 39.2 Å². The first-order valence-electron chi connectivity index (χ1n) is 10.9. The van der Waals surface area contributed by atoms with E-state index < -0.39 is 30.6 Å². The zero-order chi connectivity index (χ0) is 27.7. The van der Waals surface area contributed by atoms with Crippen molar-refractivity contribution in [1.82, 2.24) is 15.5 Å². The van der Waals surface area contributed by atoms with E-state index >= 15 is 0 Å². The Bertz CT molecular complexity index is 696. The molecule has 7 nitrogen and oxygen atoms in total. The summed E-state index contributed by atoms with van der Waals surface area (Å²) in [5, 5.41) is 12.4. The van der Waals surface area contributed by atoms with Crippen molar-refractivity contribution in [3.8, 4) is 6.07 Å². The van der Waals surface area contributed by atoms with E-state index in [1.54, 1.807) is 18.3 Å². The quantitative estimate of drug-likeness (QED) is 0.445. The number of halogens is 3. The zero-order valence-electron chi connectivity index (χ0n) is 21.7. The standard InChI is InChI=1S/C11H17F3N2O2.C7H10N2O.C4H10.C2H4/c1-7-5-16(6-10(7,2)3)8(17)4-15-9(18)11(12,13)14;1-3-6(2)7(4-8)9-5-10;1-4(2)3;1-2/h7H,4-6H2,1-3H3,(H,15,18);3,5,7H,1-2H3,(H,9,10);4H,1-3H3;1-2H2/b;6-3+;;/t7-;;;/m0.../s1. The molecule has 1 saturated heterocycles. The van der Waals surface area contributed by atoms with Crippen molar-refractivity contribution in [3.05, 3.63) is 24.8 Å². The van der Waals surface area contributed by atoms with Crippen LogP contribution < -0.4 is 10.6 Å². The largest absolute Gasteiger partial charge is 0.471 e. The van der Waals surface area contributed by atoms with Gasteiger partial charge >= 0.3 is 12.1 Å². The molecular weight excluding hydrogens is 449 g/mol. The highest BCUT2D eigenvalue weighted by Gasteiger charge is 2.41. The molecule has 2 N–H and O–H groups in total. The Morgan fingerprint density at radius 1 is 1.26 bits per heavy atom. The maximum atomic E-state index is 11.9. The van der Waals surface area contributed by atoms with Crippen LogP contribution in [-0.4, -0.2) is 55.0 Å². The Morgan fingerprint density at radius 2 is 1.74 bits per heavy atom. The van der Waals surface area contributed by atoms with E-state index in [0.717, 1.165) is 11.5 Å². The number of nitrogens with one attached hydrogen (secondary N) is 2. The number of carbonyl (C=O) groups is 3. The second-order valence-corrected chi connectivity index (χ2v) is 8.96. The molecule has 0 aromatic carbocycles. The van der Waals surface area contributed by atoms with Crippen LogP contribution in [-0.2, 0) is 14.4 Å². The number of likely N-dealkylation sites (tertiary alicyclic amines) is 1. The van der Waals surface area contributed by atoms with Crippen LogP contribution >= 0.6 is 0 Å². The van der Waals surface area contributed by atoms with Crippen LogP contribution in [0.15, 0.2) is 24.8 Å². The molecule has 0 aromatic rings. The van der Waals surface area contributed by atoms with Gasteiger partial charge < -0.3 is 15.5 Å². The Morgan fingerprint density at radius 3 is 2.03 bits per heavy atom. The molecule has 0 spiro atoms. The van der Waals surface area contributed by atoms with Gasteiger partial charge in [-0.2, -0.15) is 18.4 Å². The molecule has 1 rings (SSSR count). The lowest BCUT2D eigenvalue weighted by atomic mass is 9.84. The van der Waals surface area contributed by atoms with E-state index in [-0.39, 0.29) is 11.3 Å². The molecule has 1 unspecified atom stereocenters. The molecule has 2 atom stereocenters. The van der Waals surface area contributed by atoms with Crippen LogP contribution in [0.3, 0.4) is 0 Å². The molecular formula is C24H41F3N4O3. The Kier molecular flexibility index (Phi) is 18.5. The molecule has 1 fully saturated rings. The van der Waals surface area contributed by atoms with Crippen molar-refractivity contribution >= 4 is 18.2 Å². The lowest BCUT2D eigenvalue weighted by Crippen LogP contribution is -2.44. The van der Waals surface area contributed by atoms with Gasteiger partial charge in [-0.3, -0.25) is 14.4 Å². The molecule has 196 valence electrons. The number of alkyl halides is 3. The number of amides is 3. The van der Waals surface area contributed by atoms with Gasteiger partial charge in [-0.15, -0.1) is 13.2 Å². The van der Waals surface area contributed by atoms with Gasteiger partial charge in [0, 0.05) is 13.1 Å². The molecule has 0 bridgehead atoms. The minimum absolute atomic E-state index is 0.0519. The number of rotatable bonds is 5. The van der Waals surface area contributed by atoms with Crippen molar-refractivity contribution in [1.29, 1.82) is 5.26 Å². The number of carbonyl (C=O) groups excluding carboxylic acids is 3. The number of allylic oxidation sites excluding steroid dienone is 1. The molecule has 1 aliphatic heterocycles. The maximum Gasteiger partial charge on any atom is 0.471 e. The van der Waals surface area contributed by atoms with Crippen molar-refractivity contribution in [2.45, 2.75) is 67.6 Å². The third-order valence-electron chi connectivity index (χ3n) is 4.71. The Balaban J connectivity index is -0.000000506. The lowest BCUT2D eigenvalue weighted by Gasteiger charge is -2.22. The number of nitrogens with zero attached hydrogens (tertiary/aromatic N) is 2. The SMILES string of the molecule is C/C=C(\C)C(C#N)NC=O.C=C.CC(C)C.C[C@H]1CN(C(=O)CNC(=O)C(F)(F)F)CC1(C)C. The maximum absolute atomic E-state index is 11.9. The van der Waals surface area contributed by atoms with Crippen LogP contribution in [0.4, 0.5) is 13.2 Å². The Hall–Kier alpha value is -2.83. The predicted molar refractivity (Wildman–Crippen MR) is 128 cm³/mol. The molecule has 1 heterocycles. The second-order valence-electron chi connectivity index (χ2n) is 8.96. The van der Waals surface area contributed by atoms with Gasteiger partial charge in [-0.05, 0) is 36.7 Å². The first kappa shape index (κ1) is 35.8. The topological polar surface area (TPSA) is 102 Å². The number of hydrogen-bond acceptors (Lipinski definition) is 4. The average Bonchev–Trinajstić information content (AvgIpc) is 3.02. The first-order valence-corrected chi connectivity index (χ1v) is 10.9. The third-order valence-corrected chi connectivity index (χ3v) is 4.71. The molecule has 0 radical (unpaired) electrons. The third kappa shape index (κ3) is 15.9. The molecule has 34 heavy (non-hydrogen) atoms. The molecule has 0 aromatic heterocycles. The van der Waals surface area contributed by atoms with Crippen LogP contribution in [0.2, 0.25) is 0 Å². The second kappa shape index (κ2) is 17.6. The van der Waals surface area contributed by atoms with Gasteiger partial charge in [0.05, 0.1) is 12.6 Å². The highest BCUT2D eigenvalue weighted by molar-refractivity contribution is 5.87. The highest BCUT2D eigenvalue weighted by Crippen LogP contribution is 2.34. The molecule has 0 saturated carbocycles. The summed E-state index contributed by atoms with van der Waals surface area (Å²) in [5.41, 5.74) is 0.804. The van der Waals surface area contributed by atoms with E-state index in [4.69, 9.17) is 5.26 Å². The number of nitriles is 1. The fourth-order valence-electron chi connectivity index (χ4n) is 2.35. The average molecular weight is 491 g/mol. The van der Waals surface area contributed by atoms with Gasteiger partial charge in [-0.1, -0.05) is 47.6 Å². The summed E-state index contributed by atoms with van der Waals surface area (Å²) in [6, 6.07) is 1.47. The van der Waals surface area contributed by atoms with Gasteiger partial charge in [-0.25, -0.2) is 0 Å². The monoisotopic (exact) mass is 490 g/mol. The molecule has 10 heteroatoms. The molecule has 0 aliphatic carbocycles. The van der Waals surface area contributed by atoms with Crippen molar-refractivity contribution in [3.63, 3.8) is 0 Å². The molecule has 1 aliphatic rings. The van der Waals surface area contributed by atoms with Gasteiger partial charge in [0.15, 0.2) is 0 Å². The van der Waals surface area contributed by atoms with E-state index in [1.165, 1.54) is 4.90 Å². The van der Waals surface area contributed by atoms with Gasteiger partial charge in [0.1, 0.15) is 6.04 Å². The van der Waals surface area contributed by atoms with Gasteiger partial charge in [0.2, 0.25) is 12.3 Å². The Labute approximate surface area is 202 Å². The highest BCUT2D eigenvalue weighted by atomic mass is 19.4. The zero-order valence-corrected chi connectivity index (χ0v) is 21.7. The van der Waals surface area contributed by atoms with Crippen LogP contribution in [0, 0.1) is 28.6 Å². The fourth-order valence-corrected chi connectivity index (χ4v) is 2.35. The summed E-state index contributed by atoms with van der Waals surface area (Å²) in [4.78, 5) is 33.6. The van der Waals surface area contributed by atoms with E-state index in [1.807, 2.05) is 33.8 Å². The van der Waals surface area contributed by atoms with Crippen molar-refractivity contribution in [2.24, 2.45) is 17.3 Å². The van der Waals surface area contributed by atoms with Crippen LogP contribution in [0.1, 0.15) is 55.4 Å². The van der Waals surface area contributed by atoms with Gasteiger partial charge in [0.25, 0.3) is 0 Å². The summed E-state index contributed by atoms with van der Waals surface area (Å²) in [7, 11) is 0. The minimum atomic E-state index is -4.95. The first-order chi connectivity index (χ1) is 15.5. The normalized spacial score (nSPS) is 17.3. The summed E-state index contributed by atoms with van der Waals surface area (Å²) in [6.45, 7) is 22.5. The number of hydrogen-bond donors (Lipinski definition) is 2. The van der Waals surface area contributed by atoms with Crippen LogP contribution in [0.5, 0.6) is 0 Å². The van der Waals surface area contributed by atoms with Crippen LogP contribution in [0.25, 0.3) is 0 Å². The lowest BCUT2D eigenvalue weighted by molar-refractivity contribution is -0.174. The molecule has 3 amide bonds. The summed E-state index contributed by atoms with van der Waals surface area (Å²) in [6.07, 6.45) is -2.62. The minimum Gasteiger partial charge on any atom is -0.340 e. The summed E-state index contributed by atoms with van der Waals surface area (Å²) < 4.78 is 35.8. The summed E-state index contributed by atoms with van der Waals surface area (Å²) >= 11 is 0. The fraction of sp³-hybridized carbons (Fsp3) is 0.667.